The zero-order chi connectivity index (χ0) is 21.3. The Morgan fingerprint density at radius 3 is 2.14 bits per heavy atom. The molecule has 0 aliphatic heterocycles. The lowest BCUT2D eigenvalue weighted by Gasteiger charge is -2.18. The highest BCUT2D eigenvalue weighted by molar-refractivity contribution is 5.54. The Morgan fingerprint density at radius 1 is 1.00 bits per heavy atom. The number of aromatic hydroxyl groups is 2. The Morgan fingerprint density at radius 2 is 1.57 bits per heavy atom. The Balaban J connectivity index is 2.74. The van der Waals surface area contributed by atoms with Gasteiger partial charge in [-0.15, -0.1) is 0 Å². The van der Waals surface area contributed by atoms with Crippen molar-refractivity contribution < 1.29 is 14.9 Å². The van der Waals surface area contributed by atoms with E-state index in [1.165, 1.54) is 16.7 Å². The predicted molar refractivity (Wildman–Crippen MR) is 119 cm³/mol. The van der Waals surface area contributed by atoms with Gasteiger partial charge in [0.1, 0.15) is 11.5 Å². The van der Waals surface area contributed by atoms with Crippen molar-refractivity contribution in [1.82, 2.24) is 0 Å². The van der Waals surface area contributed by atoms with Gasteiger partial charge in [0.25, 0.3) is 0 Å². The Hall–Kier alpha value is -2.00. The van der Waals surface area contributed by atoms with Gasteiger partial charge in [0.15, 0.2) is 0 Å². The van der Waals surface area contributed by atoms with Crippen LogP contribution in [-0.4, -0.2) is 17.3 Å². The second kappa shape index (κ2) is 11.8. The quantitative estimate of drug-likeness (QED) is 0.423. The SMILES string of the molecule is COC(C)c1c(C)cc(O)c(CC=C(C)CCC=C(C)CCC=C(C)C)c1O. The number of hydrogen-bond donors (Lipinski definition) is 2. The lowest BCUT2D eigenvalue weighted by atomic mass is 9.96. The van der Waals surface area contributed by atoms with Gasteiger partial charge in [-0.1, -0.05) is 34.9 Å². The molecule has 0 bridgehead atoms. The normalized spacial score (nSPS) is 13.5. The third kappa shape index (κ3) is 7.55. The van der Waals surface area contributed by atoms with Crippen LogP contribution in [0.4, 0.5) is 0 Å². The number of phenols is 2. The molecule has 0 aliphatic rings. The summed E-state index contributed by atoms with van der Waals surface area (Å²) in [5, 5.41) is 20.9. The van der Waals surface area contributed by atoms with Crippen LogP contribution in [0.5, 0.6) is 11.5 Å². The molecule has 0 aromatic heterocycles. The van der Waals surface area contributed by atoms with Crippen LogP contribution < -0.4 is 0 Å². The third-order valence-electron chi connectivity index (χ3n) is 5.17. The van der Waals surface area contributed by atoms with E-state index < -0.39 is 0 Å². The van der Waals surface area contributed by atoms with Gasteiger partial charge >= 0.3 is 0 Å². The van der Waals surface area contributed by atoms with Crippen molar-refractivity contribution in [3.05, 3.63) is 57.7 Å². The first-order chi connectivity index (χ1) is 13.2. The number of phenolic OH excluding ortho intramolecular Hbond substituents is 2. The fourth-order valence-electron chi connectivity index (χ4n) is 3.29. The summed E-state index contributed by atoms with van der Waals surface area (Å²) in [7, 11) is 1.62. The van der Waals surface area contributed by atoms with Crippen molar-refractivity contribution in [2.24, 2.45) is 0 Å². The van der Waals surface area contributed by atoms with Gasteiger partial charge in [-0.3, -0.25) is 0 Å². The second-order valence-corrected chi connectivity index (χ2v) is 8.00. The van der Waals surface area contributed by atoms with E-state index in [9.17, 15) is 10.2 Å². The molecule has 0 spiro atoms. The summed E-state index contributed by atoms with van der Waals surface area (Å²) < 4.78 is 5.37. The van der Waals surface area contributed by atoms with Crippen molar-refractivity contribution >= 4 is 0 Å². The van der Waals surface area contributed by atoms with Crippen LogP contribution >= 0.6 is 0 Å². The number of ether oxygens (including phenoxy) is 1. The molecule has 28 heavy (non-hydrogen) atoms. The molecule has 0 aliphatic carbocycles. The Labute approximate surface area is 171 Å². The molecule has 2 N–H and O–H groups in total. The number of methoxy groups -OCH3 is 1. The average Bonchev–Trinajstić information content (AvgIpc) is 2.60. The van der Waals surface area contributed by atoms with E-state index >= 15 is 0 Å². The maximum atomic E-state index is 10.7. The molecule has 156 valence electrons. The van der Waals surface area contributed by atoms with Gasteiger partial charge in [-0.05, 0) is 85.3 Å². The van der Waals surface area contributed by atoms with Crippen molar-refractivity contribution in [3.8, 4) is 11.5 Å². The number of benzene rings is 1. The minimum absolute atomic E-state index is 0.140. The Kier molecular flexibility index (Phi) is 10.1. The summed E-state index contributed by atoms with van der Waals surface area (Å²) in [4.78, 5) is 0. The van der Waals surface area contributed by atoms with E-state index in [0.29, 0.717) is 12.0 Å². The molecule has 1 aromatic rings. The first-order valence-corrected chi connectivity index (χ1v) is 10.2. The van der Waals surface area contributed by atoms with Gasteiger partial charge in [-0.2, -0.15) is 0 Å². The van der Waals surface area contributed by atoms with Crippen molar-refractivity contribution in [1.29, 1.82) is 0 Å². The molecular weight excluding hydrogens is 348 g/mol. The lowest BCUT2D eigenvalue weighted by molar-refractivity contribution is 0.116. The Bertz CT molecular complexity index is 735. The monoisotopic (exact) mass is 386 g/mol. The summed E-state index contributed by atoms with van der Waals surface area (Å²) in [6, 6.07) is 1.71. The highest BCUT2D eigenvalue weighted by Gasteiger charge is 2.19. The molecule has 1 unspecified atom stereocenters. The molecule has 0 saturated heterocycles. The smallest absolute Gasteiger partial charge is 0.128 e. The summed E-state index contributed by atoms with van der Waals surface area (Å²) >= 11 is 0. The fourth-order valence-corrected chi connectivity index (χ4v) is 3.29. The predicted octanol–water partition coefficient (Wildman–Crippen LogP) is 7.08. The third-order valence-corrected chi connectivity index (χ3v) is 5.17. The summed E-state index contributed by atoms with van der Waals surface area (Å²) in [5.41, 5.74) is 6.21. The first-order valence-electron chi connectivity index (χ1n) is 10.2. The van der Waals surface area contributed by atoms with Gasteiger partial charge < -0.3 is 14.9 Å². The molecular formula is C25H38O3. The summed E-state index contributed by atoms with van der Waals surface area (Å²) in [5.74, 6) is 0.284. The molecule has 3 heteroatoms. The van der Waals surface area contributed by atoms with Gasteiger partial charge in [0.05, 0.1) is 6.10 Å². The van der Waals surface area contributed by atoms with Crippen molar-refractivity contribution in [2.75, 3.05) is 7.11 Å². The number of rotatable bonds is 10. The van der Waals surface area contributed by atoms with E-state index in [0.717, 1.165) is 36.8 Å². The molecule has 0 amide bonds. The highest BCUT2D eigenvalue weighted by atomic mass is 16.5. The van der Waals surface area contributed by atoms with Crippen molar-refractivity contribution in [3.63, 3.8) is 0 Å². The average molecular weight is 387 g/mol. The van der Waals surface area contributed by atoms with Crippen LogP contribution in [0.25, 0.3) is 0 Å². The van der Waals surface area contributed by atoms with Gasteiger partial charge in [0.2, 0.25) is 0 Å². The first kappa shape index (κ1) is 24.0. The number of allylic oxidation sites excluding steroid dienone is 6. The topological polar surface area (TPSA) is 49.7 Å². The van der Waals surface area contributed by atoms with E-state index in [2.05, 4.69) is 45.9 Å². The van der Waals surface area contributed by atoms with Gasteiger partial charge in [-0.25, -0.2) is 0 Å². The minimum atomic E-state index is -0.219. The molecule has 1 rings (SSSR count). The largest absolute Gasteiger partial charge is 0.508 e. The molecule has 1 atom stereocenters. The zero-order valence-electron chi connectivity index (χ0n) is 18.7. The summed E-state index contributed by atoms with van der Waals surface area (Å²) in [6.45, 7) is 12.3. The van der Waals surface area contributed by atoms with E-state index in [1.54, 1.807) is 13.2 Å². The van der Waals surface area contributed by atoms with Crippen LogP contribution in [0.15, 0.2) is 41.0 Å². The molecule has 0 saturated carbocycles. The lowest BCUT2D eigenvalue weighted by Crippen LogP contribution is -2.02. The van der Waals surface area contributed by atoms with Crippen molar-refractivity contribution in [2.45, 2.75) is 79.8 Å². The summed E-state index contributed by atoms with van der Waals surface area (Å²) in [6.07, 6.45) is 11.2. The van der Waals surface area contributed by atoms with Crippen LogP contribution in [0.1, 0.15) is 83.1 Å². The molecule has 0 heterocycles. The highest BCUT2D eigenvalue weighted by Crippen LogP contribution is 2.38. The van der Waals surface area contributed by atoms with Crippen LogP contribution in [0.3, 0.4) is 0 Å². The van der Waals surface area contributed by atoms with E-state index in [-0.39, 0.29) is 17.6 Å². The maximum absolute atomic E-state index is 10.7. The van der Waals surface area contributed by atoms with Gasteiger partial charge in [0, 0.05) is 18.2 Å². The minimum Gasteiger partial charge on any atom is -0.508 e. The number of hydrogen-bond acceptors (Lipinski definition) is 3. The molecule has 1 aromatic carbocycles. The van der Waals surface area contributed by atoms with E-state index in [1.807, 2.05) is 13.8 Å². The molecule has 0 fully saturated rings. The maximum Gasteiger partial charge on any atom is 0.128 e. The van der Waals surface area contributed by atoms with Crippen LogP contribution in [-0.2, 0) is 11.2 Å². The van der Waals surface area contributed by atoms with Crippen LogP contribution in [0, 0.1) is 6.92 Å². The van der Waals surface area contributed by atoms with E-state index in [4.69, 9.17) is 4.74 Å². The zero-order valence-corrected chi connectivity index (χ0v) is 18.7. The van der Waals surface area contributed by atoms with Crippen LogP contribution in [0.2, 0.25) is 0 Å². The number of aryl methyl sites for hydroxylation is 1. The standard InChI is InChI=1S/C25H38O3/c1-17(2)10-8-11-18(3)12-9-13-19(4)14-15-22-23(26)16-20(5)24(25(22)27)21(6)28-7/h10,12,14,16,21,26-27H,8-9,11,13,15H2,1-7H3. The second-order valence-electron chi connectivity index (χ2n) is 8.00. The fraction of sp³-hybridized carbons (Fsp3) is 0.520. The molecule has 3 nitrogen and oxygen atoms in total. The molecule has 0 radical (unpaired) electrons.